The topological polar surface area (TPSA) is 114 Å². The smallest absolute Gasteiger partial charge is 0.341 e. The Morgan fingerprint density at radius 2 is 1.97 bits per heavy atom. The number of anilines is 1. The number of carboxylic acids is 1. The van der Waals surface area contributed by atoms with Crippen LogP contribution in [0.5, 0.6) is 11.5 Å². The quantitative estimate of drug-likeness (QED) is 0.679. The van der Waals surface area contributed by atoms with E-state index >= 15 is 0 Å². The van der Waals surface area contributed by atoms with Gasteiger partial charge >= 0.3 is 5.97 Å². The van der Waals surface area contributed by atoms with Crippen LogP contribution in [0.3, 0.4) is 0 Å². The van der Waals surface area contributed by atoms with Crippen molar-refractivity contribution in [2.45, 2.75) is 37.8 Å². The molecular weight excluding hydrogens is 416 g/mol. The maximum Gasteiger partial charge on any atom is 0.341 e. The first-order chi connectivity index (χ1) is 15.5. The summed E-state index contributed by atoms with van der Waals surface area (Å²) in [6, 6.07) is 1.77. The van der Waals surface area contributed by atoms with Crippen molar-refractivity contribution in [3.63, 3.8) is 0 Å². The first-order valence-corrected chi connectivity index (χ1v) is 10.9. The highest BCUT2D eigenvalue weighted by atomic mass is 16.5. The number of aromatic carboxylic acids is 1. The molecule has 1 N–H and O–H groups in total. The van der Waals surface area contributed by atoms with Crippen molar-refractivity contribution < 1.29 is 19.4 Å². The van der Waals surface area contributed by atoms with Crippen LogP contribution in [0.15, 0.2) is 22.3 Å². The first kappa shape index (κ1) is 20.6. The molecule has 2 aromatic rings. The van der Waals surface area contributed by atoms with Gasteiger partial charge in [-0.15, -0.1) is 4.91 Å². The van der Waals surface area contributed by atoms with Crippen LogP contribution in [-0.4, -0.2) is 60.5 Å². The average Bonchev–Trinajstić information content (AvgIpc) is 3.55. The van der Waals surface area contributed by atoms with E-state index < -0.39 is 11.4 Å². The van der Waals surface area contributed by atoms with Gasteiger partial charge in [0.2, 0.25) is 5.43 Å². The van der Waals surface area contributed by atoms with Crippen molar-refractivity contribution in [2.24, 2.45) is 11.2 Å². The van der Waals surface area contributed by atoms with Gasteiger partial charge in [0, 0.05) is 37.8 Å². The Labute approximate surface area is 184 Å². The third kappa shape index (κ3) is 3.08. The first-order valence-electron chi connectivity index (χ1n) is 10.9. The molecule has 3 heterocycles. The zero-order valence-corrected chi connectivity index (χ0v) is 18.1. The van der Waals surface area contributed by atoms with Gasteiger partial charge in [0.15, 0.2) is 5.75 Å². The van der Waals surface area contributed by atoms with Gasteiger partial charge < -0.3 is 24.0 Å². The zero-order chi connectivity index (χ0) is 22.6. The van der Waals surface area contributed by atoms with Gasteiger partial charge in [0.1, 0.15) is 17.0 Å². The minimum atomic E-state index is -1.25. The summed E-state index contributed by atoms with van der Waals surface area (Å²) in [6.45, 7) is 1.97. The number of nitrogens with zero attached hydrogens (tertiary/aromatic N) is 4. The fourth-order valence-corrected chi connectivity index (χ4v) is 5.33. The van der Waals surface area contributed by atoms with Crippen LogP contribution in [-0.2, 0) is 0 Å². The molecule has 10 heteroatoms. The maximum absolute atomic E-state index is 13.0. The number of carboxylic acid groups (broad SMARTS) is 1. The van der Waals surface area contributed by atoms with Crippen molar-refractivity contribution in [3.8, 4) is 11.5 Å². The number of fused-ring (bicyclic) bond motifs is 2. The third-order valence-corrected chi connectivity index (χ3v) is 6.98. The number of hydrogen-bond donors (Lipinski definition) is 1. The molecule has 1 aliphatic carbocycles. The number of rotatable bonds is 6. The fraction of sp³-hybridized carbons (Fsp3) is 0.545. The van der Waals surface area contributed by atoms with E-state index in [1.165, 1.54) is 13.3 Å². The number of benzene rings is 1. The highest BCUT2D eigenvalue weighted by molar-refractivity contribution is 5.99. The average molecular weight is 442 g/mol. The maximum atomic E-state index is 13.0. The Bertz CT molecular complexity index is 1160. The number of pyridine rings is 1. The van der Waals surface area contributed by atoms with Gasteiger partial charge in [-0.2, -0.15) is 0 Å². The minimum absolute atomic E-state index is 0.0198. The lowest BCUT2D eigenvalue weighted by Gasteiger charge is -2.31. The number of hydrogen-bond acceptors (Lipinski definition) is 7. The summed E-state index contributed by atoms with van der Waals surface area (Å²) in [5, 5.41) is 14.7. The van der Waals surface area contributed by atoms with Crippen LogP contribution in [0.4, 0.5) is 5.69 Å². The molecule has 2 atom stereocenters. The molecule has 0 bridgehead atoms. The van der Waals surface area contributed by atoms with E-state index in [0.29, 0.717) is 36.0 Å². The van der Waals surface area contributed by atoms with Gasteiger partial charge in [-0.3, -0.25) is 9.80 Å². The van der Waals surface area contributed by atoms with Crippen LogP contribution < -0.4 is 19.8 Å². The normalized spacial score (nSPS) is 22.7. The summed E-state index contributed by atoms with van der Waals surface area (Å²) in [6.07, 6.45) is 5.20. The van der Waals surface area contributed by atoms with Crippen LogP contribution in [0.1, 0.15) is 42.1 Å². The Morgan fingerprint density at radius 1 is 1.19 bits per heavy atom. The van der Waals surface area contributed by atoms with Crippen molar-refractivity contribution in [1.29, 1.82) is 0 Å². The lowest BCUT2D eigenvalue weighted by Crippen LogP contribution is -2.41. The molecule has 1 saturated carbocycles. The second-order valence-corrected chi connectivity index (χ2v) is 8.79. The summed E-state index contributed by atoms with van der Waals surface area (Å²) in [5.41, 5.74) is 0.487. The van der Waals surface area contributed by atoms with E-state index in [9.17, 15) is 19.6 Å². The number of methoxy groups -OCH3 is 2. The van der Waals surface area contributed by atoms with Gasteiger partial charge in [0.05, 0.1) is 36.5 Å². The fourth-order valence-electron chi connectivity index (χ4n) is 5.33. The largest absolute Gasteiger partial charge is 0.494 e. The molecule has 3 fully saturated rings. The molecule has 5 rings (SSSR count). The zero-order valence-electron chi connectivity index (χ0n) is 18.1. The summed E-state index contributed by atoms with van der Waals surface area (Å²) in [5.74, 6) is -0.0184. The molecule has 0 unspecified atom stereocenters. The van der Waals surface area contributed by atoms with Crippen LogP contribution in [0.2, 0.25) is 0 Å². The Kier molecular flexibility index (Phi) is 4.94. The summed E-state index contributed by atoms with van der Waals surface area (Å²) in [4.78, 5) is 38.3. The number of carbonyl (C=O) groups is 1. The molecule has 0 radical (unpaired) electrons. The van der Waals surface area contributed by atoms with E-state index in [0.717, 1.165) is 37.9 Å². The predicted octanol–water partition coefficient (Wildman–Crippen LogP) is 2.63. The van der Waals surface area contributed by atoms with Crippen molar-refractivity contribution >= 4 is 22.6 Å². The van der Waals surface area contributed by atoms with Crippen molar-refractivity contribution in [3.05, 3.63) is 33.0 Å². The van der Waals surface area contributed by atoms with E-state index in [1.54, 1.807) is 18.2 Å². The molecule has 2 aliphatic heterocycles. The molecule has 1 aromatic heterocycles. The van der Waals surface area contributed by atoms with E-state index in [4.69, 9.17) is 9.47 Å². The van der Waals surface area contributed by atoms with E-state index in [1.807, 2.05) is 4.57 Å². The molecule has 0 amide bonds. The van der Waals surface area contributed by atoms with Gasteiger partial charge in [-0.25, -0.2) is 4.79 Å². The van der Waals surface area contributed by atoms with Crippen molar-refractivity contribution in [1.82, 2.24) is 9.58 Å². The van der Waals surface area contributed by atoms with Crippen LogP contribution in [0.25, 0.3) is 10.9 Å². The van der Waals surface area contributed by atoms with E-state index in [-0.39, 0.29) is 23.0 Å². The molecule has 2 saturated heterocycles. The van der Waals surface area contributed by atoms with Gasteiger partial charge in [-0.05, 0) is 31.7 Å². The molecule has 32 heavy (non-hydrogen) atoms. The summed E-state index contributed by atoms with van der Waals surface area (Å²) >= 11 is 0. The minimum Gasteiger partial charge on any atom is -0.494 e. The molecular formula is C22H26N4O6. The van der Waals surface area contributed by atoms with Gasteiger partial charge in [-0.1, -0.05) is 0 Å². The number of piperidine rings is 1. The Hall–Kier alpha value is -3.30. The standard InChI is InChI=1S/C22H26N4O6/c1-31-17-8-14-18(25(13-5-6-13)10-15(20(14)27)22(28)29)21(32-2)19(17)24-9-12-4-3-7-26(23-30)16(12)11-24/h8,10,12-13,16H,3-7,9,11H2,1-2H3,(H,28,29)/t12-,16+/m0/s1. The Balaban J connectivity index is 1.72. The molecule has 10 nitrogen and oxygen atoms in total. The van der Waals surface area contributed by atoms with Crippen LogP contribution >= 0.6 is 0 Å². The molecule has 170 valence electrons. The number of aromatic nitrogens is 1. The van der Waals surface area contributed by atoms with Gasteiger partial charge in [0.25, 0.3) is 0 Å². The lowest BCUT2D eigenvalue weighted by molar-refractivity contribution is 0.0695. The lowest BCUT2D eigenvalue weighted by atomic mass is 9.93. The van der Waals surface area contributed by atoms with Crippen LogP contribution in [0, 0.1) is 10.8 Å². The highest BCUT2D eigenvalue weighted by Gasteiger charge is 2.42. The monoisotopic (exact) mass is 442 g/mol. The summed E-state index contributed by atoms with van der Waals surface area (Å²) < 4.78 is 13.4. The SMILES string of the molecule is COc1cc2c(=O)c(C(=O)O)cn(C3CC3)c2c(OC)c1N1C[C@@H]2CCCN(N=O)[C@@H]2C1. The number of nitroso groups, excluding NO2 is 1. The van der Waals surface area contributed by atoms with Crippen molar-refractivity contribution in [2.75, 3.05) is 38.8 Å². The summed E-state index contributed by atoms with van der Waals surface area (Å²) in [7, 11) is 3.07. The molecule has 3 aliphatic rings. The molecule has 1 aromatic carbocycles. The predicted molar refractivity (Wildman–Crippen MR) is 118 cm³/mol. The second kappa shape index (κ2) is 7.68. The van der Waals surface area contributed by atoms with E-state index in [2.05, 4.69) is 10.2 Å². The highest BCUT2D eigenvalue weighted by Crippen LogP contribution is 2.48. The second-order valence-electron chi connectivity index (χ2n) is 8.79. The number of ether oxygens (including phenoxy) is 2. The molecule has 0 spiro atoms. The Morgan fingerprint density at radius 3 is 2.59 bits per heavy atom. The third-order valence-electron chi connectivity index (χ3n) is 6.98.